The van der Waals surface area contributed by atoms with Gasteiger partial charge in [0.05, 0.1) is 0 Å². The van der Waals surface area contributed by atoms with E-state index in [1.165, 1.54) is 29.8 Å². The van der Waals surface area contributed by atoms with Crippen molar-refractivity contribution in [1.82, 2.24) is 4.98 Å². The van der Waals surface area contributed by atoms with E-state index in [-0.39, 0.29) is 0 Å². The molecule has 1 aliphatic rings. The van der Waals surface area contributed by atoms with E-state index in [9.17, 15) is 0 Å². The highest BCUT2D eigenvalue weighted by Gasteiger charge is 2.24. The fourth-order valence-corrected chi connectivity index (χ4v) is 3.03. The number of halogens is 1. The first-order valence-corrected chi connectivity index (χ1v) is 7.52. The van der Waals surface area contributed by atoms with Crippen molar-refractivity contribution in [3.8, 4) is 0 Å². The number of aromatic nitrogens is 1. The van der Waals surface area contributed by atoms with Crippen LogP contribution in [-0.2, 0) is 5.33 Å². The van der Waals surface area contributed by atoms with Gasteiger partial charge in [-0.1, -0.05) is 28.9 Å². The summed E-state index contributed by atoms with van der Waals surface area (Å²) in [7, 11) is 0. The van der Waals surface area contributed by atoms with Crippen molar-refractivity contribution in [1.29, 1.82) is 0 Å². The summed E-state index contributed by atoms with van der Waals surface area (Å²) in [6, 6.07) is 2.85. The maximum atomic E-state index is 4.64. The van der Waals surface area contributed by atoms with Crippen molar-refractivity contribution >= 4 is 21.7 Å². The molecule has 2 nitrogen and oxygen atoms in total. The van der Waals surface area contributed by atoms with E-state index in [4.69, 9.17) is 0 Å². The smallest absolute Gasteiger partial charge is 0.131 e. The SMILES string of the molecule is Cc1cc(CBr)cnc1N1CCC(C)CC1C. The molecule has 2 unspecified atom stereocenters. The Kier molecular flexibility index (Phi) is 4.08. The van der Waals surface area contributed by atoms with Crippen LogP contribution in [0.15, 0.2) is 12.3 Å². The number of hydrogen-bond acceptors (Lipinski definition) is 2. The number of anilines is 1. The van der Waals surface area contributed by atoms with Crippen LogP contribution in [0.25, 0.3) is 0 Å². The van der Waals surface area contributed by atoms with Crippen molar-refractivity contribution in [3.63, 3.8) is 0 Å². The molecule has 2 atom stereocenters. The number of rotatable bonds is 2. The highest BCUT2D eigenvalue weighted by Crippen LogP contribution is 2.28. The monoisotopic (exact) mass is 296 g/mol. The molecule has 1 fully saturated rings. The Labute approximate surface area is 113 Å². The summed E-state index contributed by atoms with van der Waals surface area (Å²) in [5.41, 5.74) is 2.55. The van der Waals surface area contributed by atoms with E-state index < -0.39 is 0 Å². The number of piperidine rings is 1. The Hall–Kier alpha value is -0.570. The molecule has 2 rings (SSSR count). The van der Waals surface area contributed by atoms with Crippen LogP contribution in [0.3, 0.4) is 0 Å². The van der Waals surface area contributed by atoms with Gasteiger partial charge in [-0.2, -0.15) is 0 Å². The van der Waals surface area contributed by atoms with E-state index in [0.717, 1.165) is 17.8 Å². The third-order valence-corrected chi connectivity index (χ3v) is 4.32. The molecule has 0 N–H and O–H groups in total. The quantitative estimate of drug-likeness (QED) is 0.769. The minimum absolute atomic E-state index is 0.611. The summed E-state index contributed by atoms with van der Waals surface area (Å²) in [5.74, 6) is 2.03. The molecule has 1 aliphatic heterocycles. The van der Waals surface area contributed by atoms with Gasteiger partial charge in [-0.15, -0.1) is 0 Å². The topological polar surface area (TPSA) is 16.1 Å². The van der Waals surface area contributed by atoms with Gasteiger partial charge in [0, 0.05) is 24.1 Å². The number of hydrogen-bond donors (Lipinski definition) is 0. The van der Waals surface area contributed by atoms with Gasteiger partial charge < -0.3 is 4.90 Å². The lowest BCUT2D eigenvalue weighted by molar-refractivity contribution is 0.375. The van der Waals surface area contributed by atoms with E-state index in [0.29, 0.717) is 6.04 Å². The van der Waals surface area contributed by atoms with Gasteiger partial charge in [0.15, 0.2) is 0 Å². The first kappa shape index (κ1) is 12.9. The minimum atomic E-state index is 0.611. The third kappa shape index (κ3) is 2.82. The van der Waals surface area contributed by atoms with Crippen LogP contribution in [0.2, 0.25) is 0 Å². The third-order valence-electron chi connectivity index (χ3n) is 3.67. The second kappa shape index (κ2) is 5.38. The van der Waals surface area contributed by atoms with Gasteiger partial charge in [-0.25, -0.2) is 4.98 Å². The summed E-state index contributed by atoms with van der Waals surface area (Å²) in [4.78, 5) is 7.11. The minimum Gasteiger partial charge on any atom is -0.354 e. The van der Waals surface area contributed by atoms with Crippen molar-refractivity contribution in [2.75, 3.05) is 11.4 Å². The number of alkyl halides is 1. The second-order valence-electron chi connectivity index (χ2n) is 5.29. The van der Waals surface area contributed by atoms with Crippen LogP contribution in [0, 0.1) is 12.8 Å². The van der Waals surface area contributed by atoms with E-state index in [2.05, 4.69) is 52.7 Å². The van der Waals surface area contributed by atoms with Crippen molar-refractivity contribution < 1.29 is 0 Å². The van der Waals surface area contributed by atoms with E-state index in [1.807, 2.05) is 6.20 Å². The lowest BCUT2D eigenvalue weighted by Crippen LogP contribution is -2.41. The molecule has 94 valence electrons. The molecule has 0 radical (unpaired) electrons. The zero-order chi connectivity index (χ0) is 12.4. The van der Waals surface area contributed by atoms with Gasteiger partial charge in [0.1, 0.15) is 5.82 Å². The van der Waals surface area contributed by atoms with Crippen LogP contribution in [-0.4, -0.2) is 17.6 Å². The van der Waals surface area contributed by atoms with Gasteiger partial charge in [0.2, 0.25) is 0 Å². The molecule has 0 bridgehead atoms. The van der Waals surface area contributed by atoms with Crippen LogP contribution in [0.5, 0.6) is 0 Å². The second-order valence-corrected chi connectivity index (χ2v) is 5.85. The lowest BCUT2D eigenvalue weighted by atomic mass is 9.93. The predicted molar refractivity (Wildman–Crippen MR) is 76.8 cm³/mol. The summed E-state index contributed by atoms with van der Waals surface area (Å²) in [6.07, 6.45) is 4.55. The molecule has 0 aliphatic carbocycles. The molecule has 1 aromatic heterocycles. The molecule has 2 heterocycles. The Bertz CT molecular complexity index is 392. The first-order chi connectivity index (χ1) is 8.11. The summed E-state index contributed by atoms with van der Waals surface area (Å²) < 4.78 is 0. The maximum Gasteiger partial charge on any atom is 0.131 e. The number of nitrogens with zero attached hydrogens (tertiary/aromatic N) is 2. The van der Waals surface area contributed by atoms with Gasteiger partial charge in [-0.3, -0.25) is 0 Å². The normalized spacial score (nSPS) is 25.1. The van der Waals surface area contributed by atoms with Gasteiger partial charge in [-0.05, 0) is 43.7 Å². The van der Waals surface area contributed by atoms with Crippen molar-refractivity contribution in [2.45, 2.75) is 45.0 Å². The van der Waals surface area contributed by atoms with E-state index >= 15 is 0 Å². The molecule has 3 heteroatoms. The van der Waals surface area contributed by atoms with Crippen molar-refractivity contribution in [3.05, 3.63) is 23.4 Å². The largest absolute Gasteiger partial charge is 0.354 e. The fraction of sp³-hybridized carbons (Fsp3) is 0.643. The number of pyridine rings is 1. The highest BCUT2D eigenvalue weighted by molar-refractivity contribution is 9.08. The molecule has 1 aromatic rings. The van der Waals surface area contributed by atoms with Gasteiger partial charge >= 0.3 is 0 Å². The molecule has 0 amide bonds. The molecular weight excluding hydrogens is 276 g/mol. The van der Waals surface area contributed by atoms with E-state index in [1.54, 1.807) is 0 Å². The Morgan fingerprint density at radius 3 is 2.82 bits per heavy atom. The standard InChI is InChI=1S/C14H21BrN2/c1-10-4-5-17(12(3)6-10)14-11(2)7-13(8-15)9-16-14/h7,9-10,12H,4-6,8H2,1-3H3. The highest BCUT2D eigenvalue weighted by atomic mass is 79.9. The average Bonchev–Trinajstić information content (AvgIpc) is 2.30. The number of aryl methyl sites for hydroxylation is 1. The van der Waals surface area contributed by atoms with Crippen molar-refractivity contribution in [2.24, 2.45) is 5.92 Å². The van der Waals surface area contributed by atoms with Crippen LogP contribution < -0.4 is 4.90 Å². The summed E-state index contributed by atoms with van der Waals surface area (Å²) >= 11 is 3.48. The average molecular weight is 297 g/mol. The molecule has 0 spiro atoms. The van der Waals surface area contributed by atoms with Gasteiger partial charge in [0.25, 0.3) is 0 Å². The molecule has 0 aromatic carbocycles. The predicted octanol–water partition coefficient (Wildman–Crippen LogP) is 3.91. The maximum absolute atomic E-state index is 4.64. The summed E-state index contributed by atoms with van der Waals surface area (Å²) in [5, 5.41) is 0.883. The Balaban J connectivity index is 2.22. The summed E-state index contributed by atoms with van der Waals surface area (Å²) in [6.45, 7) is 7.97. The fourth-order valence-electron chi connectivity index (χ4n) is 2.72. The molecular formula is C14H21BrN2. The molecule has 1 saturated heterocycles. The first-order valence-electron chi connectivity index (χ1n) is 6.40. The van der Waals surface area contributed by atoms with Crippen LogP contribution >= 0.6 is 15.9 Å². The zero-order valence-electron chi connectivity index (χ0n) is 10.9. The Morgan fingerprint density at radius 2 is 2.24 bits per heavy atom. The zero-order valence-corrected chi connectivity index (χ0v) is 12.5. The molecule has 17 heavy (non-hydrogen) atoms. The van der Waals surface area contributed by atoms with Crippen LogP contribution in [0.1, 0.15) is 37.8 Å². The lowest BCUT2D eigenvalue weighted by Gasteiger charge is -2.38. The van der Waals surface area contributed by atoms with Crippen LogP contribution in [0.4, 0.5) is 5.82 Å². The molecule has 0 saturated carbocycles. The Morgan fingerprint density at radius 1 is 1.47 bits per heavy atom.